The topological polar surface area (TPSA) is 143 Å². The molecule has 0 saturated carbocycles. The average Bonchev–Trinajstić information content (AvgIpc) is 2.90. The molecule has 37 heavy (non-hydrogen) atoms. The maximum Gasteiger partial charge on any atom is 0.246 e. The number of rotatable bonds is 13. The number of carbonyl (C=O) groups excluding carboxylic acids is 1. The lowest BCUT2D eigenvalue weighted by atomic mass is 10.0. The molecule has 0 aliphatic rings. The lowest BCUT2D eigenvalue weighted by Gasteiger charge is -2.22. The minimum Gasteiger partial charge on any atom is -0.490 e. The quantitative estimate of drug-likeness (QED) is 0.181. The molecule has 0 spiro atoms. The lowest BCUT2D eigenvalue weighted by molar-refractivity contribution is -0.124. The maximum atomic E-state index is 11.2. The van der Waals surface area contributed by atoms with Gasteiger partial charge >= 0.3 is 0 Å². The number of benzene rings is 1. The van der Waals surface area contributed by atoms with Gasteiger partial charge in [-0.1, -0.05) is 13.5 Å². The van der Waals surface area contributed by atoms with Crippen LogP contribution < -0.4 is 20.9 Å². The fourth-order valence-corrected chi connectivity index (χ4v) is 3.89. The molecule has 0 aliphatic carbocycles. The third-order valence-electron chi connectivity index (χ3n) is 5.87. The number of aryl methyl sites for hydroxylation is 3. The molecule has 1 atom stereocenters. The second kappa shape index (κ2) is 14.3. The first-order valence-corrected chi connectivity index (χ1v) is 12.4. The van der Waals surface area contributed by atoms with Crippen molar-refractivity contribution in [3.05, 3.63) is 58.8 Å². The minimum absolute atomic E-state index is 0.0149. The number of nitrogens with zero attached hydrogens (tertiary/aromatic N) is 3. The number of nitrogens with two attached hydrogens (primary N) is 1. The zero-order chi connectivity index (χ0) is 27.5. The zero-order valence-electron chi connectivity index (χ0n) is 22.4. The number of aromatic nitrogens is 1. The van der Waals surface area contributed by atoms with Crippen LogP contribution in [-0.2, 0) is 16.1 Å². The SMILES string of the molecule is C=C(N=C(ON)c1cnc(N(CC)CC)c(C)c1)c1cc(C)c(OC[C@@H](O)CNC(=O)CO)c(CC)c1. The van der Waals surface area contributed by atoms with Crippen molar-refractivity contribution in [3.63, 3.8) is 0 Å². The predicted octanol–water partition coefficient (Wildman–Crippen LogP) is 2.26. The molecule has 10 heteroatoms. The van der Waals surface area contributed by atoms with Gasteiger partial charge in [0.2, 0.25) is 11.8 Å². The van der Waals surface area contributed by atoms with Crippen LogP contribution in [0.15, 0.2) is 36.0 Å². The van der Waals surface area contributed by atoms with Crippen molar-refractivity contribution in [3.8, 4) is 5.75 Å². The van der Waals surface area contributed by atoms with E-state index in [4.69, 9.17) is 20.6 Å². The van der Waals surface area contributed by atoms with Gasteiger partial charge in [-0.2, -0.15) is 5.90 Å². The number of ether oxygens (including phenoxy) is 1. The molecule has 1 amide bonds. The van der Waals surface area contributed by atoms with E-state index >= 15 is 0 Å². The third-order valence-corrected chi connectivity index (χ3v) is 5.87. The van der Waals surface area contributed by atoms with Crippen LogP contribution in [0.1, 0.15) is 48.6 Å². The standard InChI is InChI=1S/C27H39N5O5/c1-7-20-12-21(10-17(4)25(20)36-16-23(34)14-29-24(35)15-33)19(6)31-27(37-28)22-11-18(5)26(30-13-22)32(8-2)9-3/h10-13,23,33-34H,6-9,14-16,28H2,1-5H3,(H,29,35)/t23-/m0/s1. The zero-order valence-corrected chi connectivity index (χ0v) is 22.4. The summed E-state index contributed by atoms with van der Waals surface area (Å²) in [7, 11) is 0. The van der Waals surface area contributed by atoms with Crippen molar-refractivity contribution in [2.75, 3.05) is 37.7 Å². The molecule has 2 rings (SSSR count). The van der Waals surface area contributed by atoms with Crippen molar-refractivity contribution in [2.45, 2.75) is 47.1 Å². The van der Waals surface area contributed by atoms with Crippen LogP contribution >= 0.6 is 0 Å². The van der Waals surface area contributed by atoms with Gasteiger partial charge in [0.1, 0.15) is 30.9 Å². The van der Waals surface area contributed by atoms with Crippen molar-refractivity contribution >= 4 is 23.3 Å². The summed E-state index contributed by atoms with van der Waals surface area (Å²) in [6.45, 7) is 15.2. The van der Waals surface area contributed by atoms with Crippen LogP contribution in [0.25, 0.3) is 5.70 Å². The third kappa shape index (κ3) is 8.01. The second-order valence-corrected chi connectivity index (χ2v) is 8.58. The van der Waals surface area contributed by atoms with Crippen molar-refractivity contribution < 1.29 is 24.6 Å². The summed E-state index contributed by atoms with van der Waals surface area (Å²) in [6.07, 6.45) is 1.44. The highest BCUT2D eigenvalue weighted by molar-refractivity contribution is 5.97. The first-order valence-electron chi connectivity index (χ1n) is 12.4. The van der Waals surface area contributed by atoms with Crippen LogP contribution in [0, 0.1) is 13.8 Å². The molecule has 0 saturated heterocycles. The molecular formula is C27H39N5O5. The van der Waals surface area contributed by atoms with E-state index in [2.05, 4.69) is 40.6 Å². The molecule has 0 radical (unpaired) electrons. The van der Waals surface area contributed by atoms with Crippen molar-refractivity contribution in [2.24, 2.45) is 10.9 Å². The van der Waals surface area contributed by atoms with Gasteiger partial charge in [-0.25, -0.2) is 9.98 Å². The Morgan fingerprint density at radius 2 is 1.86 bits per heavy atom. The first kappa shape index (κ1) is 29.8. The Labute approximate surface area is 218 Å². The van der Waals surface area contributed by atoms with Crippen molar-refractivity contribution in [1.29, 1.82) is 0 Å². The highest BCUT2D eigenvalue weighted by Gasteiger charge is 2.16. The Kier molecular flexibility index (Phi) is 11.5. The predicted molar refractivity (Wildman–Crippen MR) is 146 cm³/mol. The van der Waals surface area contributed by atoms with E-state index in [1.165, 1.54) is 0 Å². The van der Waals surface area contributed by atoms with Crippen LogP contribution in [0.5, 0.6) is 5.75 Å². The summed E-state index contributed by atoms with van der Waals surface area (Å²) in [6, 6.07) is 5.75. The number of aliphatic hydroxyl groups excluding tert-OH is 2. The number of hydrogen-bond acceptors (Lipinski definition) is 9. The van der Waals surface area contributed by atoms with E-state index in [1.54, 1.807) is 6.20 Å². The van der Waals surface area contributed by atoms with Gasteiger partial charge in [0.05, 0.1) is 11.3 Å². The summed E-state index contributed by atoms with van der Waals surface area (Å²) in [5.41, 5.74) is 4.62. The van der Waals surface area contributed by atoms with Crippen LogP contribution in [-0.4, -0.2) is 66.0 Å². The Bertz CT molecular complexity index is 1110. The van der Waals surface area contributed by atoms with E-state index in [1.807, 2.05) is 39.0 Å². The van der Waals surface area contributed by atoms with Gasteiger partial charge in [-0.15, -0.1) is 0 Å². The van der Waals surface area contributed by atoms with Gasteiger partial charge in [-0.05, 0) is 69.0 Å². The summed E-state index contributed by atoms with van der Waals surface area (Å²) in [5, 5.41) is 21.3. The lowest BCUT2D eigenvalue weighted by Crippen LogP contribution is -2.36. The highest BCUT2D eigenvalue weighted by atomic mass is 16.6. The van der Waals surface area contributed by atoms with E-state index in [0.29, 0.717) is 23.4 Å². The largest absolute Gasteiger partial charge is 0.490 e. The number of anilines is 1. The average molecular weight is 514 g/mol. The molecule has 1 heterocycles. The van der Waals surface area contributed by atoms with E-state index in [-0.39, 0.29) is 19.0 Å². The Hall–Kier alpha value is -3.47. The fraction of sp³-hybridized carbons (Fsp3) is 0.444. The number of hydrogen-bond donors (Lipinski definition) is 4. The number of aliphatic hydroxyl groups is 2. The second-order valence-electron chi connectivity index (χ2n) is 8.58. The van der Waals surface area contributed by atoms with Gasteiger partial charge in [-0.3, -0.25) is 4.79 Å². The molecule has 0 bridgehead atoms. The van der Waals surface area contributed by atoms with Crippen molar-refractivity contribution in [1.82, 2.24) is 10.3 Å². The van der Waals surface area contributed by atoms with Crippen LogP contribution in [0.4, 0.5) is 5.82 Å². The van der Waals surface area contributed by atoms with Gasteiger partial charge in [0.25, 0.3) is 0 Å². The Morgan fingerprint density at radius 1 is 1.19 bits per heavy atom. The molecule has 10 nitrogen and oxygen atoms in total. The molecule has 1 aromatic heterocycles. The van der Waals surface area contributed by atoms with Gasteiger partial charge in [0, 0.05) is 31.4 Å². The molecule has 2 aromatic rings. The number of nitrogens with one attached hydrogen (secondary N) is 1. The smallest absolute Gasteiger partial charge is 0.246 e. The minimum atomic E-state index is -0.923. The van der Waals surface area contributed by atoms with Crippen LogP contribution in [0.2, 0.25) is 0 Å². The van der Waals surface area contributed by atoms with E-state index in [0.717, 1.165) is 41.2 Å². The van der Waals surface area contributed by atoms with E-state index < -0.39 is 18.6 Å². The summed E-state index contributed by atoms with van der Waals surface area (Å²) >= 11 is 0. The maximum absolute atomic E-state index is 11.2. The molecule has 0 aliphatic heterocycles. The van der Waals surface area contributed by atoms with Gasteiger partial charge in [0.15, 0.2) is 0 Å². The molecule has 0 fully saturated rings. The van der Waals surface area contributed by atoms with Gasteiger partial charge < -0.3 is 30.0 Å². The number of amides is 1. The number of carbonyl (C=O) groups is 1. The summed E-state index contributed by atoms with van der Waals surface area (Å²) in [4.78, 5) is 27.6. The fourth-order valence-electron chi connectivity index (χ4n) is 3.89. The number of aliphatic imine (C=N–C) groups is 1. The number of pyridine rings is 1. The Balaban J connectivity index is 2.24. The molecule has 202 valence electrons. The molecule has 1 aromatic carbocycles. The normalized spacial score (nSPS) is 12.2. The highest BCUT2D eigenvalue weighted by Crippen LogP contribution is 2.30. The van der Waals surface area contributed by atoms with E-state index in [9.17, 15) is 9.90 Å². The molecular weight excluding hydrogens is 474 g/mol. The van der Waals surface area contributed by atoms with Crippen LogP contribution in [0.3, 0.4) is 0 Å². The molecule has 0 unspecified atom stereocenters. The first-order chi connectivity index (χ1) is 17.7. The monoisotopic (exact) mass is 513 g/mol. The summed E-state index contributed by atoms with van der Waals surface area (Å²) in [5.74, 6) is 6.77. The molecule has 5 N–H and O–H groups in total. The Morgan fingerprint density at radius 3 is 2.43 bits per heavy atom. The summed E-state index contributed by atoms with van der Waals surface area (Å²) < 4.78 is 5.87.